The molecule has 112 valence electrons. The van der Waals surface area contributed by atoms with E-state index in [1.807, 2.05) is 0 Å². The van der Waals surface area contributed by atoms with Crippen molar-refractivity contribution in [3.8, 4) is 0 Å². The Bertz CT molecular complexity index is 694. The molecule has 8 heteroatoms. The molecule has 2 aromatic rings. The number of nitrogens with one attached hydrogen (secondary N) is 2. The van der Waals surface area contributed by atoms with Crippen LogP contribution in [0.5, 0.6) is 0 Å². The summed E-state index contributed by atoms with van der Waals surface area (Å²) in [5.74, 6) is 0. The van der Waals surface area contributed by atoms with Gasteiger partial charge in [0.05, 0.1) is 18.4 Å². The first-order valence-corrected chi connectivity index (χ1v) is 8.30. The molecule has 21 heavy (non-hydrogen) atoms. The van der Waals surface area contributed by atoms with Crippen LogP contribution in [0.4, 0.5) is 5.69 Å². The molecule has 1 saturated carbocycles. The van der Waals surface area contributed by atoms with E-state index in [0.29, 0.717) is 18.3 Å². The predicted octanol–water partition coefficient (Wildman–Crippen LogP) is 0.831. The van der Waals surface area contributed by atoms with Gasteiger partial charge >= 0.3 is 0 Å². The van der Waals surface area contributed by atoms with Gasteiger partial charge in [-0.1, -0.05) is 0 Å². The molecule has 2 N–H and O–H groups in total. The lowest BCUT2D eigenvalue weighted by Crippen LogP contribution is -2.22. The third kappa shape index (κ3) is 3.79. The molecule has 0 radical (unpaired) electrons. The van der Waals surface area contributed by atoms with Gasteiger partial charge < -0.3 is 5.32 Å². The summed E-state index contributed by atoms with van der Waals surface area (Å²) in [6, 6.07) is 3.83. The van der Waals surface area contributed by atoms with E-state index in [9.17, 15) is 8.42 Å². The maximum atomic E-state index is 12.2. The maximum absolute atomic E-state index is 12.2. The second kappa shape index (κ2) is 5.82. The first kappa shape index (κ1) is 14.0. The Balaban J connectivity index is 1.63. The van der Waals surface area contributed by atoms with Crippen molar-refractivity contribution in [1.29, 1.82) is 0 Å². The SMILES string of the molecule is O=S(=O)(Nc1ccncc1)c1cnn(CCNC2CC2)c1. The Morgan fingerprint density at radius 3 is 2.76 bits per heavy atom. The molecule has 0 bridgehead atoms. The number of aromatic nitrogens is 3. The summed E-state index contributed by atoms with van der Waals surface area (Å²) in [6.45, 7) is 1.45. The molecule has 1 aliphatic rings. The number of hydrogen-bond acceptors (Lipinski definition) is 5. The number of sulfonamides is 1. The third-order valence-electron chi connectivity index (χ3n) is 3.20. The average Bonchev–Trinajstić information content (AvgIpc) is 3.15. The molecule has 0 amide bonds. The zero-order valence-corrected chi connectivity index (χ0v) is 12.3. The molecule has 1 fully saturated rings. The molecular weight excluding hydrogens is 290 g/mol. The monoisotopic (exact) mass is 307 g/mol. The van der Waals surface area contributed by atoms with Gasteiger partial charge in [0, 0.05) is 31.2 Å². The van der Waals surface area contributed by atoms with Crippen LogP contribution < -0.4 is 10.0 Å². The van der Waals surface area contributed by atoms with Crippen molar-refractivity contribution in [2.24, 2.45) is 0 Å². The van der Waals surface area contributed by atoms with Gasteiger partial charge in [-0.05, 0) is 25.0 Å². The average molecular weight is 307 g/mol. The fourth-order valence-corrected chi connectivity index (χ4v) is 2.92. The number of hydrogen-bond donors (Lipinski definition) is 2. The van der Waals surface area contributed by atoms with E-state index in [2.05, 4.69) is 20.1 Å². The molecule has 0 spiro atoms. The van der Waals surface area contributed by atoms with Crippen LogP contribution >= 0.6 is 0 Å². The number of pyridine rings is 1. The molecule has 7 nitrogen and oxygen atoms in total. The zero-order chi connectivity index (χ0) is 14.7. The van der Waals surface area contributed by atoms with E-state index in [0.717, 1.165) is 6.54 Å². The molecule has 0 aromatic carbocycles. The summed E-state index contributed by atoms with van der Waals surface area (Å²) in [6.07, 6.45) is 8.43. The molecule has 1 aliphatic carbocycles. The van der Waals surface area contributed by atoms with Crippen molar-refractivity contribution in [2.75, 3.05) is 11.3 Å². The summed E-state index contributed by atoms with van der Waals surface area (Å²) >= 11 is 0. The Morgan fingerprint density at radius 1 is 1.29 bits per heavy atom. The Labute approximate surface area is 123 Å². The van der Waals surface area contributed by atoms with Gasteiger partial charge in [-0.15, -0.1) is 0 Å². The zero-order valence-electron chi connectivity index (χ0n) is 11.4. The summed E-state index contributed by atoms with van der Waals surface area (Å²) in [5, 5.41) is 7.45. The van der Waals surface area contributed by atoms with Gasteiger partial charge in [0.1, 0.15) is 4.90 Å². The predicted molar refractivity (Wildman–Crippen MR) is 78.3 cm³/mol. The fraction of sp³-hybridized carbons (Fsp3) is 0.385. The first-order valence-electron chi connectivity index (χ1n) is 6.82. The Kier molecular flexibility index (Phi) is 3.89. The lowest BCUT2D eigenvalue weighted by molar-refractivity contribution is 0.552. The quantitative estimate of drug-likeness (QED) is 0.791. The molecule has 3 rings (SSSR count). The van der Waals surface area contributed by atoms with Crippen molar-refractivity contribution >= 4 is 15.7 Å². The number of nitrogens with zero attached hydrogens (tertiary/aromatic N) is 3. The highest BCUT2D eigenvalue weighted by atomic mass is 32.2. The van der Waals surface area contributed by atoms with Crippen LogP contribution in [0.25, 0.3) is 0 Å². The van der Waals surface area contributed by atoms with Gasteiger partial charge in [-0.3, -0.25) is 14.4 Å². The van der Waals surface area contributed by atoms with E-state index in [-0.39, 0.29) is 4.90 Å². The fourth-order valence-electron chi connectivity index (χ4n) is 1.91. The molecule has 0 atom stereocenters. The summed E-state index contributed by atoms with van der Waals surface area (Å²) in [7, 11) is -3.60. The molecule has 2 aromatic heterocycles. The smallest absolute Gasteiger partial charge is 0.265 e. The van der Waals surface area contributed by atoms with Crippen molar-refractivity contribution in [2.45, 2.75) is 30.3 Å². The van der Waals surface area contributed by atoms with Crippen molar-refractivity contribution < 1.29 is 8.42 Å². The van der Waals surface area contributed by atoms with Crippen LogP contribution in [0.1, 0.15) is 12.8 Å². The van der Waals surface area contributed by atoms with Crippen LogP contribution in [0, 0.1) is 0 Å². The van der Waals surface area contributed by atoms with E-state index >= 15 is 0 Å². The maximum Gasteiger partial charge on any atom is 0.265 e. The van der Waals surface area contributed by atoms with E-state index in [4.69, 9.17) is 0 Å². The van der Waals surface area contributed by atoms with Gasteiger partial charge in [0.25, 0.3) is 10.0 Å². The molecule has 0 saturated heterocycles. The second-order valence-corrected chi connectivity index (χ2v) is 6.69. The van der Waals surface area contributed by atoms with Crippen LogP contribution in [-0.2, 0) is 16.6 Å². The lowest BCUT2D eigenvalue weighted by Gasteiger charge is -2.05. The Morgan fingerprint density at radius 2 is 2.05 bits per heavy atom. The highest BCUT2D eigenvalue weighted by Gasteiger charge is 2.20. The minimum atomic E-state index is -3.60. The van der Waals surface area contributed by atoms with Crippen molar-refractivity contribution in [3.63, 3.8) is 0 Å². The number of anilines is 1. The summed E-state index contributed by atoms with van der Waals surface area (Å²) in [4.78, 5) is 4.01. The van der Waals surface area contributed by atoms with Crippen LogP contribution in [0.3, 0.4) is 0 Å². The highest BCUT2D eigenvalue weighted by Crippen LogP contribution is 2.18. The van der Waals surface area contributed by atoms with Crippen LogP contribution in [-0.4, -0.2) is 35.8 Å². The lowest BCUT2D eigenvalue weighted by atomic mass is 10.4. The van der Waals surface area contributed by atoms with Gasteiger partial charge in [0.15, 0.2) is 0 Å². The van der Waals surface area contributed by atoms with Crippen molar-refractivity contribution in [1.82, 2.24) is 20.1 Å². The minimum absolute atomic E-state index is 0.158. The van der Waals surface area contributed by atoms with Gasteiger partial charge in [-0.2, -0.15) is 5.10 Å². The molecule has 0 aliphatic heterocycles. The van der Waals surface area contributed by atoms with Gasteiger partial charge in [0.2, 0.25) is 0 Å². The normalized spacial score (nSPS) is 15.0. The van der Waals surface area contributed by atoms with Crippen molar-refractivity contribution in [3.05, 3.63) is 36.9 Å². The van der Waals surface area contributed by atoms with Gasteiger partial charge in [-0.25, -0.2) is 8.42 Å². The highest BCUT2D eigenvalue weighted by molar-refractivity contribution is 7.92. The van der Waals surface area contributed by atoms with Crippen LogP contribution in [0.15, 0.2) is 41.8 Å². The van der Waals surface area contributed by atoms with Crippen LogP contribution in [0.2, 0.25) is 0 Å². The first-order chi connectivity index (χ1) is 10.1. The Hall–Kier alpha value is -1.93. The molecule has 2 heterocycles. The second-order valence-electron chi connectivity index (χ2n) is 5.01. The minimum Gasteiger partial charge on any atom is -0.312 e. The molecular formula is C13H17N5O2S. The summed E-state index contributed by atoms with van der Waals surface area (Å²) in [5.41, 5.74) is 0.480. The summed E-state index contributed by atoms with van der Waals surface area (Å²) < 4.78 is 28.5. The number of rotatable bonds is 7. The largest absolute Gasteiger partial charge is 0.312 e. The van der Waals surface area contributed by atoms with E-state index < -0.39 is 10.0 Å². The topological polar surface area (TPSA) is 88.9 Å². The van der Waals surface area contributed by atoms with E-state index in [1.165, 1.54) is 37.6 Å². The third-order valence-corrected chi connectivity index (χ3v) is 4.54. The standard InChI is InChI=1S/C13H17N5O2S/c19-21(20,17-12-3-5-14-6-4-12)13-9-16-18(10-13)8-7-15-11-1-2-11/h3-6,9-11,15H,1-2,7-8H2,(H,14,17). The molecule has 0 unspecified atom stereocenters. The van der Waals surface area contributed by atoms with E-state index in [1.54, 1.807) is 16.8 Å².